The minimum absolute atomic E-state index is 0.223. The van der Waals surface area contributed by atoms with Crippen molar-refractivity contribution in [2.45, 2.75) is 70.2 Å². The number of benzene rings is 2. The summed E-state index contributed by atoms with van der Waals surface area (Å²) in [5.74, 6) is 5.96. The number of hydrogen-bond donors (Lipinski definition) is 2. The van der Waals surface area contributed by atoms with Gasteiger partial charge in [0.25, 0.3) is 0 Å². The number of nitrogens with zero attached hydrogens (tertiary/aromatic N) is 1. The predicted octanol–water partition coefficient (Wildman–Crippen LogP) is 4.33. The van der Waals surface area contributed by atoms with Gasteiger partial charge < -0.3 is 14.7 Å². The molecule has 1 aliphatic heterocycles. The maximum Gasteiger partial charge on any atom is 0.411 e. The molecule has 2 aromatic rings. The topological polar surface area (TPSA) is 95.9 Å². The quantitative estimate of drug-likeness (QED) is 0.539. The molecule has 2 N–H and O–H groups in total. The molecule has 36 heavy (non-hydrogen) atoms. The molecule has 0 aliphatic carbocycles. The van der Waals surface area contributed by atoms with E-state index in [1.165, 1.54) is 0 Å². The van der Waals surface area contributed by atoms with Gasteiger partial charge in [0, 0.05) is 24.9 Å². The summed E-state index contributed by atoms with van der Waals surface area (Å²) in [5.41, 5.74) is -0.245. The van der Waals surface area contributed by atoms with Crippen LogP contribution < -0.4 is 4.72 Å². The van der Waals surface area contributed by atoms with Crippen molar-refractivity contribution in [1.29, 1.82) is 0 Å². The maximum absolute atomic E-state index is 13.2. The van der Waals surface area contributed by atoms with E-state index in [4.69, 9.17) is 4.74 Å². The van der Waals surface area contributed by atoms with Crippen LogP contribution in [-0.2, 0) is 20.4 Å². The number of ether oxygens (including phenoxy) is 1. The molecule has 0 aromatic heterocycles. The van der Waals surface area contributed by atoms with Crippen molar-refractivity contribution in [3.05, 3.63) is 71.3 Å². The highest BCUT2D eigenvalue weighted by atomic mass is 32.2. The molecule has 8 heteroatoms. The standard InChI is InChI=1S/C28H36N2O5S/c1-21(23-14-12-22(13-15-23)16-17-26(2,3)29-36(6,33)34)30-19-18-28(35-25(30)31,20-27(4,5)32)24-10-8-7-9-11-24/h7-15,21,29,32H,18-20H2,1-6H3/t21-,28?/m0/s1. The molecule has 1 aliphatic rings. The third-order valence-corrected chi connectivity index (χ3v) is 6.99. The SMILES string of the molecule is C[C@@H](c1ccc(C#CC(C)(C)NS(C)(=O)=O)cc1)N1CCC(CC(C)(C)O)(c2ccccc2)OC1=O. The molecule has 1 saturated heterocycles. The molecule has 194 valence electrons. The Morgan fingerprint density at radius 2 is 1.72 bits per heavy atom. The zero-order valence-electron chi connectivity index (χ0n) is 21.8. The molecule has 0 spiro atoms. The van der Waals surface area contributed by atoms with Crippen LogP contribution in [0, 0.1) is 11.8 Å². The number of aliphatic hydroxyl groups is 1. The van der Waals surface area contributed by atoms with Crippen LogP contribution in [0.15, 0.2) is 54.6 Å². The van der Waals surface area contributed by atoms with E-state index in [0.29, 0.717) is 19.4 Å². The number of amides is 1. The number of sulfonamides is 1. The fourth-order valence-electron chi connectivity index (χ4n) is 4.63. The highest BCUT2D eigenvalue weighted by Crippen LogP contribution is 2.42. The summed E-state index contributed by atoms with van der Waals surface area (Å²) in [5, 5.41) is 10.6. The van der Waals surface area contributed by atoms with Gasteiger partial charge in [-0.25, -0.2) is 13.2 Å². The number of carbonyl (C=O) groups is 1. The first kappa shape index (κ1) is 27.7. The fourth-order valence-corrected chi connectivity index (χ4v) is 5.61. The number of hydrogen-bond acceptors (Lipinski definition) is 5. The van der Waals surface area contributed by atoms with Gasteiger partial charge in [-0.1, -0.05) is 54.3 Å². The molecule has 1 heterocycles. The van der Waals surface area contributed by atoms with E-state index in [9.17, 15) is 18.3 Å². The average Bonchev–Trinajstić information content (AvgIpc) is 2.76. The Hall–Kier alpha value is -2.86. The van der Waals surface area contributed by atoms with E-state index >= 15 is 0 Å². The van der Waals surface area contributed by atoms with Gasteiger partial charge in [-0.15, -0.1) is 0 Å². The van der Waals surface area contributed by atoms with Crippen molar-refractivity contribution in [1.82, 2.24) is 9.62 Å². The van der Waals surface area contributed by atoms with Crippen molar-refractivity contribution < 1.29 is 23.1 Å². The molecule has 0 saturated carbocycles. The second kappa shape index (κ2) is 10.3. The first-order valence-electron chi connectivity index (χ1n) is 12.0. The van der Waals surface area contributed by atoms with Crippen LogP contribution in [0.2, 0.25) is 0 Å². The first-order valence-corrected chi connectivity index (χ1v) is 13.9. The summed E-state index contributed by atoms with van der Waals surface area (Å²) < 4.78 is 31.6. The molecule has 1 unspecified atom stereocenters. The lowest BCUT2D eigenvalue weighted by Crippen LogP contribution is -2.51. The van der Waals surface area contributed by atoms with Crippen LogP contribution in [0.3, 0.4) is 0 Å². The Bertz CT molecular complexity index is 1240. The molecule has 0 bridgehead atoms. The Labute approximate surface area is 214 Å². The van der Waals surface area contributed by atoms with Crippen LogP contribution in [0.5, 0.6) is 0 Å². The molecule has 2 atom stereocenters. The van der Waals surface area contributed by atoms with Gasteiger partial charge in [0.2, 0.25) is 10.0 Å². The van der Waals surface area contributed by atoms with Crippen molar-refractivity contribution in [2.24, 2.45) is 0 Å². The van der Waals surface area contributed by atoms with Gasteiger partial charge in [0.15, 0.2) is 0 Å². The van der Waals surface area contributed by atoms with Gasteiger partial charge in [0.05, 0.1) is 23.4 Å². The molecule has 1 amide bonds. The second-order valence-corrected chi connectivity index (χ2v) is 12.5. The molecule has 0 radical (unpaired) electrons. The van der Waals surface area contributed by atoms with Crippen molar-refractivity contribution in [3.63, 3.8) is 0 Å². The largest absolute Gasteiger partial charge is 0.438 e. The van der Waals surface area contributed by atoms with Gasteiger partial charge in [0.1, 0.15) is 5.60 Å². The van der Waals surface area contributed by atoms with Gasteiger partial charge >= 0.3 is 6.09 Å². The van der Waals surface area contributed by atoms with Crippen LogP contribution in [0.4, 0.5) is 4.79 Å². The minimum Gasteiger partial charge on any atom is -0.438 e. The summed E-state index contributed by atoms with van der Waals surface area (Å²) in [6.45, 7) is 9.29. The Morgan fingerprint density at radius 1 is 1.11 bits per heavy atom. The first-order chi connectivity index (χ1) is 16.6. The number of rotatable bonds is 7. The average molecular weight is 513 g/mol. The summed E-state index contributed by atoms with van der Waals surface area (Å²) >= 11 is 0. The second-order valence-electron chi connectivity index (χ2n) is 10.7. The smallest absolute Gasteiger partial charge is 0.411 e. The predicted molar refractivity (Wildman–Crippen MR) is 141 cm³/mol. The minimum atomic E-state index is -3.37. The zero-order chi connectivity index (χ0) is 26.8. The third-order valence-electron chi connectivity index (χ3n) is 6.11. The van der Waals surface area contributed by atoms with Crippen LogP contribution in [0.1, 0.15) is 70.2 Å². The molecular formula is C28H36N2O5S. The number of carbonyl (C=O) groups excluding carboxylic acids is 1. The van der Waals surface area contributed by atoms with E-state index in [1.54, 1.807) is 32.6 Å². The summed E-state index contributed by atoms with van der Waals surface area (Å²) in [7, 11) is -3.37. The summed E-state index contributed by atoms with van der Waals surface area (Å²) in [4.78, 5) is 14.9. The van der Waals surface area contributed by atoms with E-state index in [2.05, 4.69) is 16.6 Å². The molecular weight excluding hydrogens is 476 g/mol. The molecule has 7 nitrogen and oxygen atoms in total. The normalized spacial score (nSPS) is 19.8. The van der Waals surface area contributed by atoms with Gasteiger partial charge in [-0.3, -0.25) is 0 Å². The van der Waals surface area contributed by atoms with Gasteiger partial charge in [-0.2, -0.15) is 4.72 Å². The maximum atomic E-state index is 13.2. The highest BCUT2D eigenvalue weighted by Gasteiger charge is 2.46. The monoisotopic (exact) mass is 512 g/mol. The number of nitrogens with one attached hydrogen (secondary N) is 1. The van der Waals surface area contributed by atoms with Gasteiger partial charge in [-0.05, 0) is 57.9 Å². The van der Waals surface area contributed by atoms with Crippen LogP contribution >= 0.6 is 0 Å². The highest BCUT2D eigenvalue weighted by molar-refractivity contribution is 7.88. The van der Waals surface area contributed by atoms with E-state index in [1.807, 2.05) is 61.5 Å². The lowest BCUT2D eigenvalue weighted by Gasteiger charge is -2.45. The van der Waals surface area contributed by atoms with Crippen LogP contribution in [-0.4, -0.2) is 48.5 Å². The van der Waals surface area contributed by atoms with Crippen molar-refractivity contribution in [3.8, 4) is 11.8 Å². The molecule has 1 fully saturated rings. The Kier molecular flexibility index (Phi) is 7.89. The zero-order valence-corrected chi connectivity index (χ0v) is 22.6. The molecule has 2 aromatic carbocycles. The van der Waals surface area contributed by atoms with E-state index in [-0.39, 0.29) is 6.04 Å². The number of cyclic esters (lactones) is 1. The third kappa shape index (κ3) is 7.33. The molecule has 3 rings (SSSR count). The van der Waals surface area contributed by atoms with Crippen LogP contribution in [0.25, 0.3) is 0 Å². The van der Waals surface area contributed by atoms with Crippen molar-refractivity contribution in [2.75, 3.05) is 12.8 Å². The lowest BCUT2D eigenvalue weighted by atomic mass is 9.80. The van der Waals surface area contributed by atoms with Crippen molar-refractivity contribution >= 4 is 16.1 Å². The summed E-state index contributed by atoms with van der Waals surface area (Å²) in [6, 6.07) is 16.9. The Morgan fingerprint density at radius 3 is 2.25 bits per heavy atom. The van der Waals surface area contributed by atoms with E-state index in [0.717, 1.165) is 22.9 Å². The van der Waals surface area contributed by atoms with E-state index < -0.39 is 32.9 Å². The summed E-state index contributed by atoms with van der Waals surface area (Å²) in [6.07, 6.45) is 1.55. The Balaban J connectivity index is 1.75. The lowest BCUT2D eigenvalue weighted by molar-refractivity contribution is -0.101. The fraction of sp³-hybridized carbons (Fsp3) is 0.464.